The van der Waals surface area contributed by atoms with Crippen LogP contribution in [0.3, 0.4) is 0 Å². The van der Waals surface area contributed by atoms with Crippen LogP contribution < -0.4 is 5.73 Å². The number of nitrogens with zero attached hydrogens (tertiary/aromatic N) is 1. The van der Waals surface area contributed by atoms with Gasteiger partial charge in [0.05, 0.1) is 11.4 Å². The molecule has 0 saturated carbocycles. The summed E-state index contributed by atoms with van der Waals surface area (Å²) in [6, 6.07) is 7.90. The van der Waals surface area contributed by atoms with Gasteiger partial charge in [0.15, 0.2) is 0 Å². The molecule has 6 heteroatoms. The molecular weight excluding hydrogens is 238 g/mol. The molecule has 1 rings (SSSR count). The highest BCUT2D eigenvalue weighted by Gasteiger charge is 2.27. The Kier molecular flexibility index (Phi) is 4.25. The maximum absolute atomic E-state index is 12.3. The fourth-order valence-electron chi connectivity index (χ4n) is 1.44. The number of nitrogens with one attached hydrogen (secondary N) is 1. The molecule has 0 saturated heterocycles. The predicted molar refractivity (Wildman–Crippen MR) is 67.4 cm³/mol. The highest BCUT2D eigenvalue weighted by molar-refractivity contribution is 7.89. The Bertz CT molecular complexity index is 483. The third kappa shape index (κ3) is 3.28. The SMILES string of the molecule is CC(C)N(CC(=N)N)S(=O)(=O)c1ccccc1. The van der Waals surface area contributed by atoms with Crippen molar-refractivity contribution in [3.63, 3.8) is 0 Å². The predicted octanol–water partition coefficient (Wildman–Crippen LogP) is 1.02. The lowest BCUT2D eigenvalue weighted by molar-refractivity contribution is 0.389. The summed E-state index contributed by atoms with van der Waals surface area (Å²) < 4.78 is 25.8. The fraction of sp³-hybridized carbons (Fsp3) is 0.364. The monoisotopic (exact) mass is 255 g/mol. The van der Waals surface area contributed by atoms with Gasteiger partial charge in [-0.25, -0.2) is 8.42 Å². The molecule has 5 nitrogen and oxygen atoms in total. The zero-order chi connectivity index (χ0) is 13.1. The van der Waals surface area contributed by atoms with E-state index < -0.39 is 10.0 Å². The van der Waals surface area contributed by atoms with Gasteiger partial charge in [0.2, 0.25) is 10.0 Å². The molecule has 0 heterocycles. The molecule has 0 spiro atoms. The molecule has 0 aliphatic rings. The van der Waals surface area contributed by atoms with Crippen LogP contribution in [-0.2, 0) is 10.0 Å². The molecule has 0 aliphatic carbocycles. The second-order valence-electron chi connectivity index (χ2n) is 3.98. The van der Waals surface area contributed by atoms with E-state index in [0.717, 1.165) is 0 Å². The number of amidine groups is 1. The number of hydrogen-bond acceptors (Lipinski definition) is 3. The minimum atomic E-state index is -3.58. The Morgan fingerprint density at radius 1 is 1.35 bits per heavy atom. The Labute approximate surface area is 102 Å². The highest BCUT2D eigenvalue weighted by Crippen LogP contribution is 2.17. The standard InChI is InChI=1S/C11H17N3O2S/c1-9(2)14(8-11(12)13)17(15,16)10-6-4-3-5-7-10/h3-7,9H,8H2,1-2H3,(H3,12,13). The Balaban J connectivity index is 3.14. The van der Waals surface area contributed by atoms with Crippen LogP contribution in [0.2, 0.25) is 0 Å². The van der Waals surface area contributed by atoms with E-state index in [-0.39, 0.29) is 23.3 Å². The molecule has 0 aliphatic heterocycles. The van der Waals surface area contributed by atoms with E-state index >= 15 is 0 Å². The van der Waals surface area contributed by atoms with E-state index in [1.807, 2.05) is 0 Å². The van der Waals surface area contributed by atoms with E-state index in [2.05, 4.69) is 0 Å². The normalized spacial score (nSPS) is 12.0. The third-order valence-corrected chi connectivity index (χ3v) is 4.29. The van der Waals surface area contributed by atoms with Crippen LogP contribution in [0.25, 0.3) is 0 Å². The van der Waals surface area contributed by atoms with Crippen LogP contribution in [0.1, 0.15) is 13.8 Å². The third-order valence-electron chi connectivity index (χ3n) is 2.25. The molecule has 1 aromatic rings. The molecule has 0 atom stereocenters. The highest BCUT2D eigenvalue weighted by atomic mass is 32.2. The largest absolute Gasteiger partial charge is 0.387 e. The first kappa shape index (κ1) is 13.7. The zero-order valence-electron chi connectivity index (χ0n) is 9.92. The lowest BCUT2D eigenvalue weighted by atomic mass is 10.4. The van der Waals surface area contributed by atoms with Gasteiger partial charge in [-0.1, -0.05) is 18.2 Å². The summed E-state index contributed by atoms with van der Waals surface area (Å²) in [6.07, 6.45) is 0. The van der Waals surface area contributed by atoms with Crippen LogP contribution in [0.5, 0.6) is 0 Å². The van der Waals surface area contributed by atoms with E-state index in [1.54, 1.807) is 32.0 Å². The van der Waals surface area contributed by atoms with Gasteiger partial charge < -0.3 is 5.73 Å². The van der Waals surface area contributed by atoms with Gasteiger partial charge in [-0.15, -0.1) is 0 Å². The van der Waals surface area contributed by atoms with Crippen LogP contribution >= 0.6 is 0 Å². The Hall–Kier alpha value is -1.40. The molecule has 1 aromatic carbocycles. The maximum Gasteiger partial charge on any atom is 0.243 e. The van der Waals surface area contributed by atoms with Crippen LogP contribution in [0.15, 0.2) is 35.2 Å². The van der Waals surface area contributed by atoms with Crippen molar-refractivity contribution in [2.75, 3.05) is 6.54 Å². The van der Waals surface area contributed by atoms with Crippen molar-refractivity contribution < 1.29 is 8.42 Å². The number of benzene rings is 1. The zero-order valence-corrected chi connectivity index (χ0v) is 10.7. The first-order chi connectivity index (χ1) is 7.85. The molecule has 3 N–H and O–H groups in total. The van der Waals surface area contributed by atoms with Gasteiger partial charge in [-0.3, -0.25) is 5.41 Å². The molecule has 0 aromatic heterocycles. The van der Waals surface area contributed by atoms with Gasteiger partial charge in [-0.05, 0) is 26.0 Å². The molecule has 0 amide bonds. The van der Waals surface area contributed by atoms with Crippen molar-refractivity contribution in [3.05, 3.63) is 30.3 Å². The number of nitrogens with two attached hydrogens (primary N) is 1. The molecule has 0 fully saturated rings. The molecule has 17 heavy (non-hydrogen) atoms. The minimum absolute atomic E-state index is 0.0884. The van der Waals surface area contributed by atoms with E-state index in [1.165, 1.54) is 16.4 Å². The number of sulfonamides is 1. The van der Waals surface area contributed by atoms with Crippen molar-refractivity contribution in [1.29, 1.82) is 5.41 Å². The van der Waals surface area contributed by atoms with E-state index in [0.29, 0.717) is 0 Å². The van der Waals surface area contributed by atoms with Gasteiger partial charge >= 0.3 is 0 Å². The topological polar surface area (TPSA) is 87.2 Å². The van der Waals surface area contributed by atoms with Crippen LogP contribution in [0.4, 0.5) is 0 Å². The van der Waals surface area contributed by atoms with Crippen molar-refractivity contribution in [2.45, 2.75) is 24.8 Å². The van der Waals surface area contributed by atoms with Crippen LogP contribution in [0, 0.1) is 5.41 Å². The molecule has 0 unspecified atom stereocenters. The smallest absolute Gasteiger partial charge is 0.243 e. The maximum atomic E-state index is 12.3. The van der Waals surface area contributed by atoms with Crippen molar-refractivity contribution in [3.8, 4) is 0 Å². The Morgan fingerprint density at radius 2 is 1.88 bits per heavy atom. The average Bonchev–Trinajstić information content (AvgIpc) is 2.26. The lowest BCUT2D eigenvalue weighted by Gasteiger charge is -2.25. The summed E-state index contributed by atoms with van der Waals surface area (Å²) >= 11 is 0. The summed E-state index contributed by atoms with van der Waals surface area (Å²) in [6.45, 7) is 3.42. The molecule has 94 valence electrons. The quantitative estimate of drug-likeness (QED) is 0.608. The van der Waals surface area contributed by atoms with Crippen LogP contribution in [-0.4, -0.2) is 31.1 Å². The molecule has 0 bridgehead atoms. The summed E-state index contributed by atoms with van der Waals surface area (Å²) in [5.41, 5.74) is 5.28. The first-order valence-corrected chi connectivity index (χ1v) is 6.69. The molecule has 0 radical (unpaired) electrons. The van der Waals surface area contributed by atoms with Crippen molar-refractivity contribution in [1.82, 2.24) is 4.31 Å². The van der Waals surface area contributed by atoms with Crippen molar-refractivity contribution in [2.24, 2.45) is 5.73 Å². The van der Waals surface area contributed by atoms with Gasteiger partial charge in [0, 0.05) is 6.04 Å². The number of rotatable bonds is 5. The van der Waals surface area contributed by atoms with Crippen molar-refractivity contribution >= 4 is 15.9 Å². The summed E-state index contributed by atoms with van der Waals surface area (Å²) in [4.78, 5) is 0.218. The van der Waals surface area contributed by atoms with Gasteiger partial charge in [0.25, 0.3) is 0 Å². The second kappa shape index (κ2) is 5.29. The average molecular weight is 255 g/mol. The molecular formula is C11H17N3O2S. The summed E-state index contributed by atoms with van der Waals surface area (Å²) in [5, 5.41) is 7.23. The van der Waals surface area contributed by atoms with Gasteiger partial charge in [0.1, 0.15) is 5.84 Å². The van der Waals surface area contributed by atoms with E-state index in [4.69, 9.17) is 11.1 Å². The summed E-state index contributed by atoms with van der Waals surface area (Å²) in [7, 11) is -3.58. The fourth-order valence-corrected chi connectivity index (χ4v) is 3.08. The first-order valence-electron chi connectivity index (χ1n) is 5.25. The second-order valence-corrected chi connectivity index (χ2v) is 5.87. The van der Waals surface area contributed by atoms with E-state index in [9.17, 15) is 8.42 Å². The Morgan fingerprint density at radius 3 is 2.29 bits per heavy atom. The summed E-state index contributed by atoms with van der Waals surface area (Å²) in [5.74, 6) is -0.168. The van der Waals surface area contributed by atoms with Gasteiger partial charge in [-0.2, -0.15) is 4.31 Å². The lowest BCUT2D eigenvalue weighted by Crippen LogP contribution is -2.42. The number of hydrogen-bond donors (Lipinski definition) is 2. The minimum Gasteiger partial charge on any atom is -0.387 e.